The zero-order chi connectivity index (χ0) is 14.2. The van der Waals surface area contributed by atoms with Crippen molar-refractivity contribution >= 4 is 5.97 Å². The third kappa shape index (κ3) is 16.9. The van der Waals surface area contributed by atoms with Gasteiger partial charge in [-0.3, -0.25) is 4.79 Å². The first-order chi connectivity index (χ1) is 9.27. The van der Waals surface area contributed by atoms with Gasteiger partial charge in [-0.25, -0.2) is 0 Å². The number of unbranched alkanes of at least 4 members (excludes halogenated alkanes) is 7. The van der Waals surface area contributed by atoms with E-state index in [1.165, 1.54) is 32.1 Å². The largest absolute Gasteiger partial charge is 0.481 e. The van der Waals surface area contributed by atoms with Crippen molar-refractivity contribution in [2.24, 2.45) is 0 Å². The van der Waals surface area contributed by atoms with Crippen LogP contribution in [0.3, 0.4) is 0 Å². The number of hydrogen-bond donors (Lipinski definition) is 1. The molecule has 0 aliphatic heterocycles. The molecule has 0 bridgehead atoms. The normalized spacial score (nSPS) is 11.6. The third-order valence-corrected chi connectivity index (χ3v) is 3.09. The van der Waals surface area contributed by atoms with Gasteiger partial charge in [0.1, 0.15) is 0 Å². The second-order valence-electron chi connectivity index (χ2n) is 5.02. The van der Waals surface area contributed by atoms with Crippen LogP contribution in [-0.2, 0) is 4.79 Å². The van der Waals surface area contributed by atoms with Gasteiger partial charge >= 0.3 is 5.97 Å². The van der Waals surface area contributed by atoms with Crippen molar-refractivity contribution in [1.29, 1.82) is 0 Å². The molecule has 0 atom stereocenters. The highest BCUT2D eigenvalue weighted by molar-refractivity contribution is 5.66. The first-order valence-electron chi connectivity index (χ1n) is 7.79. The van der Waals surface area contributed by atoms with Gasteiger partial charge in [-0.2, -0.15) is 0 Å². The Morgan fingerprint density at radius 1 is 0.842 bits per heavy atom. The molecule has 0 spiro atoms. The van der Waals surface area contributed by atoms with Crippen LogP contribution in [0.5, 0.6) is 0 Å². The van der Waals surface area contributed by atoms with Crippen molar-refractivity contribution < 1.29 is 9.90 Å². The summed E-state index contributed by atoms with van der Waals surface area (Å²) < 4.78 is 0. The van der Waals surface area contributed by atoms with Gasteiger partial charge in [0.05, 0.1) is 0 Å². The summed E-state index contributed by atoms with van der Waals surface area (Å²) in [5.41, 5.74) is 0. The molecule has 0 aromatic carbocycles. The standard InChI is InChI=1S/C17H30O2/c1-2-3-4-5-6-7-8-9-10-11-12-13-14-15-16-17(18)19/h6-7,9-10H,2-5,8,11-16H2,1H3,(H,18,19)/b7-6-,10-9-. The molecular formula is C17H30O2. The fourth-order valence-electron chi connectivity index (χ4n) is 1.91. The molecule has 0 saturated heterocycles. The average molecular weight is 266 g/mol. The molecule has 0 radical (unpaired) electrons. The number of rotatable bonds is 13. The number of aliphatic carboxylic acids is 1. The van der Waals surface area contributed by atoms with E-state index in [1.54, 1.807) is 0 Å². The van der Waals surface area contributed by atoms with E-state index in [4.69, 9.17) is 5.11 Å². The highest BCUT2D eigenvalue weighted by atomic mass is 16.4. The molecule has 110 valence electrons. The molecule has 2 heteroatoms. The van der Waals surface area contributed by atoms with Gasteiger partial charge in [0.2, 0.25) is 0 Å². The molecule has 1 N–H and O–H groups in total. The minimum Gasteiger partial charge on any atom is -0.481 e. The maximum atomic E-state index is 10.3. The summed E-state index contributed by atoms with van der Waals surface area (Å²) in [5.74, 6) is -0.675. The number of carboxylic acids is 1. The maximum Gasteiger partial charge on any atom is 0.303 e. The quantitative estimate of drug-likeness (QED) is 0.353. The van der Waals surface area contributed by atoms with Crippen molar-refractivity contribution in [3.63, 3.8) is 0 Å². The van der Waals surface area contributed by atoms with E-state index in [2.05, 4.69) is 31.2 Å². The van der Waals surface area contributed by atoms with Crippen LogP contribution in [0.2, 0.25) is 0 Å². The lowest BCUT2D eigenvalue weighted by Crippen LogP contribution is -1.93. The smallest absolute Gasteiger partial charge is 0.303 e. The minimum atomic E-state index is -0.675. The molecule has 0 saturated carbocycles. The number of hydrogen-bond acceptors (Lipinski definition) is 1. The third-order valence-electron chi connectivity index (χ3n) is 3.09. The van der Waals surface area contributed by atoms with E-state index in [-0.39, 0.29) is 0 Å². The highest BCUT2D eigenvalue weighted by Gasteiger charge is 1.95. The van der Waals surface area contributed by atoms with Gasteiger partial charge in [-0.1, -0.05) is 56.9 Å². The van der Waals surface area contributed by atoms with E-state index < -0.39 is 5.97 Å². The van der Waals surface area contributed by atoms with Gasteiger partial charge in [-0.05, 0) is 38.5 Å². The predicted octanol–water partition coefficient (Wildman–Crippen LogP) is 5.49. The summed E-state index contributed by atoms with van der Waals surface area (Å²) in [6, 6.07) is 0. The van der Waals surface area contributed by atoms with Crippen molar-refractivity contribution in [2.45, 2.75) is 77.6 Å². The lowest BCUT2D eigenvalue weighted by molar-refractivity contribution is -0.137. The Labute approximate surface area is 118 Å². The first-order valence-corrected chi connectivity index (χ1v) is 7.79. The Hall–Kier alpha value is -1.05. The molecule has 0 fully saturated rings. The summed E-state index contributed by atoms with van der Waals surface area (Å²) in [6.07, 6.45) is 20.8. The van der Waals surface area contributed by atoms with Crippen LogP contribution in [0.15, 0.2) is 24.3 Å². The van der Waals surface area contributed by atoms with E-state index in [0.29, 0.717) is 6.42 Å². The van der Waals surface area contributed by atoms with Crippen LogP contribution in [0.25, 0.3) is 0 Å². The van der Waals surface area contributed by atoms with Gasteiger partial charge in [-0.15, -0.1) is 0 Å². The molecule has 0 unspecified atom stereocenters. The van der Waals surface area contributed by atoms with Gasteiger partial charge in [0.25, 0.3) is 0 Å². The number of carboxylic acid groups (broad SMARTS) is 1. The Balaban J connectivity index is 3.19. The zero-order valence-corrected chi connectivity index (χ0v) is 12.4. The fraction of sp³-hybridized carbons (Fsp3) is 0.706. The van der Waals surface area contributed by atoms with Crippen molar-refractivity contribution in [3.8, 4) is 0 Å². The van der Waals surface area contributed by atoms with E-state index in [0.717, 1.165) is 32.1 Å². The molecule has 0 aliphatic rings. The SMILES string of the molecule is CCCCC/C=C\C/C=C\CCCCCCC(=O)O. The van der Waals surface area contributed by atoms with Gasteiger partial charge in [0, 0.05) is 6.42 Å². The van der Waals surface area contributed by atoms with Crippen molar-refractivity contribution in [3.05, 3.63) is 24.3 Å². The lowest BCUT2D eigenvalue weighted by atomic mass is 10.1. The second-order valence-corrected chi connectivity index (χ2v) is 5.02. The molecule has 19 heavy (non-hydrogen) atoms. The van der Waals surface area contributed by atoms with Crippen LogP contribution in [0.1, 0.15) is 77.6 Å². The first kappa shape index (κ1) is 17.9. The lowest BCUT2D eigenvalue weighted by Gasteiger charge is -1.96. The molecule has 0 aromatic rings. The molecular weight excluding hydrogens is 236 g/mol. The molecule has 0 aromatic heterocycles. The fourth-order valence-corrected chi connectivity index (χ4v) is 1.91. The average Bonchev–Trinajstić information content (AvgIpc) is 2.39. The zero-order valence-electron chi connectivity index (χ0n) is 12.4. The minimum absolute atomic E-state index is 0.318. The summed E-state index contributed by atoms with van der Waals surface area (Å²) in [5, 5.41) is 8.49. The van der Waals surface area contributed by atoms with Crippen LogP contribution in [0.4, 0.5) is 0 Å². The van der Waals surface area contributed by atoms with E-state index in [1.807, 2.05) is 0 Å². The predicted molar refractivity (Wildman–Crippen MR) is 82.4 cm³/mol. The summed E-state index contributed by atoms with van der Waals surface area (Å²) in [6.45, 7) is 2.23. The molecule has 2 nitrogen and oxygen atoms in total. The summed E-state index contributed by atoms with van der Waals surface area (Å²) >= 11 is 0. The van der Waals surface area contributed by atoms with Crippen molar-refractivity contribution in [2.75, 3.05) is 0 Å². The van der Waals surface area contributed by atoms with Crippen LogP contribution in [0, 0.1) is 0 Å². The van der Waals surface area contributed by atoms with E-state index >= 15 is 0 Å². The van der Waals surface area contributed by atoms with Gasteiger partial charge in [0.15, 0.2) is 0 Å². The number of allylic oxidation sites excluding steroid dienone is 4. The second kappa shape index (κ2) is 15.0. The highest BCUT2D eigenvalue weighted by Crippen LogP contribution is 2.06. The van der Waals surface area contributed by atoms with E-state index in [9.17, 15) is 4.79 Å². The molecule has 0 aliphatic carbocycles. The van der Waals surface area contributed by atoms with Gasteiger partial charge < -0.3 is 5.11 Å². The Kier molecular flexibility index (Phi) is 14.2. The topological polar surface area (TPSA) is 37.3 Å². The Morgan fingerprint density at radius 2 is 1.42 bits per heavy atom. The summed E-state index contributed by atoms with van der Waals surface area (Å²) in [4.78, 5) is 10.3. The Bertz CT molecular complexity index is 254. The van der Waals surface area contributed by atoms with Crippen LogP contribution >= 0.6 is 0 Å². The van der Waals surface area contributed by atoms with Crippen molar-refractivity contribution in [1.82, 2.24) is 0 Å². The molecule has 0 rings (SSSR count). The van der Waals surface area contributed by atoms with Crippen LogP contribution < -0.4 is 0 Å². The Morgan fingerprint density at radius 3 is 2.00 bits per heavy atom. The maximum absolute atomic E-state index is 10.3. The monoisotopic (exact) mass is 266 g/mol. The summed E-state index contributed by atoms with van der Waals surface area (Å²) in [7, 11) is 0. The van der Waals surface area contributed by atoms with Crippen LogP contribution in [-0.4, -0.2) is 11.1 Å². The number of carbonyl (C=O) groups is 1. The molecule has 0 heterocycles. The molecule has 0 amide bonds.